The summed E-state index contributed by atoms with van der Waals surface area (Å²) in [6.07, 6.45) is 3.56. The fourth-order valence-electron chi connectivity index (χ4n) is 0.977. The van der Waals surface area contributed by atoms with Crippen molar-refractivity contribution < 1.29 is 0 Å². The van der Waals surface area contributed by atoms with E-state index in [9.17, 15) is 0 Å². The Labute approximate surface area is 103 Å². The smallest absolute Gasteiger partial charge is 0.0618 e. The number of halogens is 2. The molecule has 0 radical (unpaired) electrons. The number of hydrogen-bond donors (Lipinski definition) is 1. The van der Waals surface area contributed by atoms with E-state index in [1.807, 2.05) is 12.1 Å². The Bertz CT molecular complexity index is 452. The first-order valence-electron chi connectivity index (χ1n) is 4.41. The number of nitrogens with zero attached hydrogens (tertiary/aromatic N) is 3. The molecule has 1 aromatic rings. The Hall–Kier alpha value is -1.39. The van der Waals surface area contributed by atoms with Crippen molar-refractivity contribution in [3.63, 3.8) is 0 Å². The molecule has 0 aromatic heterocycles. The van der Waals surface area contributed by atoms with Gasteiger partial charge in [-0.1, -0.05) is 40.6 Å². The van der Waals surface area contributed by atoms with E-state index in [0.29, 0.717) is 15.8 Å². The molecule has 2 N–H and O–H groups in total. The number of allylic oxidation sites excluding steroid dienone is 1. The van der Waals surface area contributed by atoms with E-state index in [4.69, 9.17) is 29.0 Å². The summed E-state index contributed by atoms with van der Waals surface area (Å²) in [5, 5.41) is 11.2. The molecular weight excluding hydrogens is 247 g/mol. The maximum absolute atomic E-state index is 5.98. The number of hydrogen-bond acceptors (Lipinski definition) is 2. The van der Waals surface area contributed by atoms with Crippen molar-refractivity contribution in [3.8, 4) is 0 Å². The third-order valence-electron chi connectivity index (χ3n) is 1.72. The quantitative estimate of drug-likeness (QED) is 0.381. The van der Waals surface area contributed by atoms with E-state index in [0.717, 1.165) is 5.56 Å². The van der Waals surface area contributed by atoms with Gasteiger partial charge in [0.25, 0.3) is 0 Å². The van der Waals surface area contributed by atoms with Crippen LogP contribution in [-0.2, 0) is 0 Å². The molecule has 16 heavy (non-hydrogen) atoms. The Morgan fingerprint density at radius 1 is 1.38 bits per heavy atom. The first-order chi connectivity index (χ1) is 7.63. The minimum absolute atomic E-state index is 0.581. The van der Waals surface area contributed by atoms with Crippen LogP contribution in [0.25, 0.3) is 6.08 Å². The van der Waals surface area contributed by atoms with Crippen LogP contribution in [0.1, 0.15) is 12.5 Å². The van der Waals surface area contributed by atoms with Gasteiger partial charge in [-0.15, -0.1) is 5.10 Å². The Balaban J connectivity index is 2.84. The molecule has 0 saturated carbocycles. The van der Waals surface area contributed by atoms with E-state index in [1.54, 1.807) is 25.1 Å². The lowest BCUT2D eigenvalue weighted by Gasteiger charge is -1.98. The molecule has 0 saturated heterocycles. The van der Waals surface area contributed by atoms with Crippen molar-refractivity contribution in [2.24, 2.45) is 21.4 Å². The normalized spacial score (nSPS) is 12.8. The molecule has 1 aromatic carbocycles. The maximum Gasteiger partial charge on any atom is 0.0618 e. The van der Waals surface area contributed by atoms with Gasteiger partial charge in [-0.25, -0.2) is 0 Å². The average molecular weight is 257 g/mol. The van der Waals surface area contributed by atoms with Gasteiger partial charge in [-0.3, -0.25) is 0 Å². The van der Waals surface area contributed by atoms with E-state index < -0.39 is 0 Å². The fourth-order valence-corrected chi connectivity index (χ4v) is 1.45. The second-order valence-electron chi connectivity index (χ2n) is 2.95. The molecular formula is C10H10Cl2N4. The third-order valence-corrected chi connectivity index (χ3v) is 2.28. The van der Waals surface area contributed by atoms with E-state index in [1.165, 1.54) is 0 Å². The van der Waals surface area contributed by atoms with Crippen molar-refractivity contribution in [1.29, 1.82) is 0 Å². The fraction of sp³-hybridized carbons (Fsp3) is 0.100. The molecule has 0 bridgehead atoms. The molecule has 0 unspecified atom stereocenters. The van der Waals surface area contributed by atoms with Crippen LogP contribution in [0.3, 0.4) is 0 Å². The zero-order chi connectivity index (χ0) is 12.0. The van der Waals surface area contributed by atoms with Crippen LogP contribution in [0.2, 0.25) is 10.0 Å². The lowest BCUT2D eigenvalue weighted by atomic mass is 10.2. The van der Waals surface area contributed by atoms with Crippen LogP contribution in [0.15, 0.2) is 39.8 Å². The second-order valence-corrected chi connectivity index (χ2v) is 3.79. The topological polar surface area (TPSA) is 63.1 Å². The van der Waals surface area contributed by atoms with E-state index in [2.05, 4.69) is 15.5 Å². The molecule has 6 heteroatoms. The average Bonchev–Trinajstić information content (AvgIpc) is 2.25. The number of nitrogens with two attached hydrogens (primary N) is 1. The van der Waals surface area contributed by atoms with Gasteiger partial charge >= 0.3 is 0 Å². The van der Waals surface area contributed by atoms with Crippen LogP contribution in [0, 0.1) is 0 Å². The SMILES string of the molecule is CC(C=Cc1ccc(Cl)cc1Cl)=NN=NN. The van der Waals surface area contributed by atoms with Gasteiger partial charge in [0, 0.05) is 10.0 Å². The molecule has 0 aliphatic heterocycles. The standard InChI is InChI=1S/C10H10Cl2N4/c1-7(14-16-15-13)2-3-8-4-5-9(11)6-10(8)12/h2-6H,1H3,(H2,13,16). The molecule has 0 fully saturated rings. The number of benzene rings is 1. The first kappa shape index (κ1) is 12.7. The van der Waals surface area contributed by atoms with Crippen molar-refractivity contribution in [3.05, 3.63) is 39.9 Å². The summed E-state index contributed by atoms with van der Waals surface area (Å²) in [4.78, 5) is 0. The summed E-state index contributed by atoms with van der Waals surface area (Å²) < 4.78 is 0. The summed E-state index contributed by atoms with van der Waals surface area (Å²) in [5.41, 5.74) is 1.52. The van der Waals surface area contributed by atoms with Crippen molar-refractivity contribution in [1.82, 2.24) is 0 Å². The second kappa shape index (κ2) is 6.25. The lowest BCUT2D eigenvalue weighted by molar-refractivity contribution is 0.956. The van der Waals surface area contributed by atoms with Crippen LogP contribution in [0.4, 0.5) is 0 Å². The summed E-state index contributed by atoms with van der Waals surface area (Å²) in [6, 6.07) is 5.26. The van der Waals surface area contributed by atoms with Gasteiger partial charge < -0.3 is 5.84 Å². The van der Waals surface area contributed by atoms with Gasteiger partial charge in [-0.2, -0.15) is 0 Å². The van der Waals surface area contributed by atoms with Crippen LogP contribution in [-0.4, -0.2) is 5.71 Å². The van der Waals surface area contributed by atoms with Gasteiger partial charge in [0.2, 0.25) is 0 Å². The van der Waals surface area contributed by atoms with Crippen molar-refractivity contribution in [2.45, 2.75) is 6.92 Å². The highest BCUT2D eigenvalue weighted by Gasteiger charge is 1.97. The Morgan fingerprint density at radius 3 is 2.75 bits per heavy atom. The van der Waals surface area contributed by atoms with E-state index in [-0.39, 0.29) is 0 Å². The molecule has 0 heterocycles. The molecule has 4 nitrogen and oxygen atoms in total. The van der Waals surface area contributed by atoms with Gasteiger partial charge in [0.05, 0.1) is 5.71 Å². The highest BCUT2D eigenvalue weighted by molar-refractivity contribution is 6.35. The van der Waals surface area contributed by atoms with Gasteiger partial charge in [0.1, 0.15) is 0 Å². The molecule has 0 aliphatic rings. The first-order valence-corrected chi connectivity index (χ1v) is 5.16. The highest BCUT2D eigenvalue weighted by atomic mass is 35.5. The van der Waals surface area contributed by atoms with Crippen LogP contribution >= 0.6 is 23.2 Å². The molecule has 1 rings (SSSR count). The van der Waals surface area contributed by atoms with Gasteiger partial charge in [-0.05, 0) is 35.9 Å². The van der Waals surface area contributed by atoms with Gasteiger partial charge in [0.15, 0.2) is 0 Å². The minimum Gasteiger partial charge on any atom is -0.303 e. The number of rotatable bonds is 3. The summed E-state index contributed by atoms with van der Waals surface area (Å²) in [6.45, 7) is 1.77. The summed E-state index contributed by atoms with van der Waals surface area (Å²) in [7, 11) is 0. The molecule has 0 amide bonds. The lowest BCUT2D eigenvalue weighted by Crippen LogP contribution is -1.83. The summed E-state index contributed by atoms with van der Waals surface area (Å²) >= 11 is 11.8. The predicted molar refractivity (Wildman–Crippen MR) is 67.6 cm³/mol. The predicted octanol–water partition coefficient (Wildman–Crippen LogP) is 3.71. The monoisotopic (exact) mass is 256 g/mol. The molecule has 0 aliphatic carbocycles. The largest absolute Gasteiger partial charge is 0.303 e. The van der Waals surface area contributed by atoms with Crippen LogP contribution in [0.5, 0.6) is 0 Å². The van der Waals surface area contributed by atoms with Crippen molar-refractivity contribution >= 4 is 35.0 Å². The molecule has 0 atom stereocenters. The third kappa shape index (κ3) is 4.00. The maximum atomic E-state index is 5.98. The van der Waals surface area contributed by atoms with E-state index >= 15 is 0 Å². The molecule has 0 spiro atoms. The zero-order valence-electron chi connectivity index (χ0n) is 8.56. The Kier molecular flexibility index (Phi) is 4.95. The zero-order valence-corrected chi connectivity index (χ0v) is 10.1. The van der Waals surface area contributed by atoms with Crippen LogP contribution < -0.4 is 5.84 Å². The highest BCUT2D eigenvalue weighted by Crippen LogP contribution is 2.21. The Morgan fingerprint density at radius 2 is 2.12 bits per heavy atom. The molecule has 84 valence electrons. The summed E-state index contributed by atoms with van der Waals surface area (Å²) in [5.74, 6) is 4.82. The van der Waals surface area contributed by atoms with Crippen molar-refractivity contribution in [2.75, 3.05) is 0 Å². The minimum atomic E-state index is 0.581.